The summed E-state index contributed by atoms with van der Waals surface area (Å²) in [5.74, 6) is 0. The van der Waals surface area contributed by atoms with Gasteiger partial charge in [-0.05, 0) is 38.8 Å². The quantitative estimate of drug-likeness (QED) is 0.737. The van der Waals surface area contributed by atoms with Crippen LogP contribution < -0.4 is 10.0 Å². The van der Waals surface area contributed by atoms with Gasteiger partial charge in [0.25, 0.3) is 10.2 Å². The lowest BCUT2D eigenvalue weighted by molar-refractivity contribution is 0.336. The van der Waals surface area contributed by atoms with Gasteiger partial charge in [-0.15, -0.1) is 0 Å². The highest BCUT2D eigenvalue weighted by Crippen LogP contribution is 2.14. The summed E-state index contributed by atoms with van der Waals surface area (Å²) in [6, 6.07) is 0.129. The van der Waals surface area contributed by atoms with Crippen LogP contribution in [0.2, 0.25) is 0 Å². The van der Waals surface area contributed by atoms with Crippen LogP contribution in [0.1, 0.15) is 32.6 Å². The van der Waals surface area contributed by atoms with Gasteiger partial charge < -0.3 is 5.32 Å². The van der Waals surface area contributed by atoms with Crippen LogP contribution in [-0.2, 0) is 10.2 Å². The predicted molar refractivity (Wildman–Crippen MR) is 65.5 cm³/mol. The van der Waals surface area contributed by atoms with E-state index in [1.54, 1.807) is 7.05 Å². The Morgan fingerprint density at radius 1 is 1.38 bits per heavy atom. The molecule has 5 nitrogen and oxygen atoms in total. The maximum atomic E-state index is 11.9. The van der Waals surface area contributed by atoms with E-state index in [1.165, 1.54) is 4.31 Å². The van der Waals surface area contributed by atoms with Gasteiger partial charge >= 0.3 is 0 Å². The zero-order valence-electron chi connectivity index (χ0n) is 10.2. The minimum absolute atomic E-state index is 0.129. The molecule has 0 saturated carbocycles. The van der Waals surface area contributed by atoms with Crippen molar-refractivity contribution in [1.82, 2.24) is 14.3 Å². The van der Waals surface area contributed by atoms with E-state index in [4.69, 9.17) is 0 Å². The van der Waals surface area contributed by atoms with Crippen molar-refractivity contribution in [3.63, 3.8) is 0 Å². The fourth-order valence-electron chi connectivity index (χ4n) is 1.89. The largest absolute Gasteiger partial charge is 0.317 e. The number of hydrogen-bond acceptors (Lipinski definition) is 3. The standard InChI is InChI=1S/C10H23N3O2S/c1-3-7-12-16(14,15)13(2)10-5-4-8-11-9-6-10/h10-12H,3-9H2,1-2H3. The lowest BCUT2D eigenvalue weighted by Crippen LogP contribution is -2.44. The zero-order chi connectivity index (χ0) is 12.0. The van der Waals surface area contributed by atoms with Gasteiger partial charge in [0.05, 0.1) is 0 Å². The first-order valence-electron chi connectivity index (χ1n) is 6.01. The van der Waals surface area contributed by atoms with Gasteiger partial charge in [-0.2, -0.15) is 12.7 Å². The van der Waals surface area contributed by atoms with Crippen molar-refractivity contribution in [3.05, 3.63) is 0 Å². The molecule has 16 heavy (non-hydrogen) atoms. The molecule has 0 aromatic carbocycles. The molecular weight excluding hydrogens is 226 g/mol. The normalized spacial score (nSPS) is 23.3. The van der Waals surface area contributed by atoms with Gasteiger partial charge in [-0.3, -0.25) is 0 Å². The molecule has 1 rings (SSSR count). The molecular formula is C10H23N3O2S. The molecule has 0 amide bonds. The molecule has 1 aliphatic heterocycles. The van der Waals surface area contributed by atoms with E-state index in [1.807, 2.05) is 6.92 Å². The van der Waals surface area contributed by atoms with Crippen molar-refractivity contribution in [3.8, 4) is 0 Å². The van der Waals surface area contributed by atoms with E-state index in [9.17, 15) is 8.42 Å². The van der Waals surface area contributed by atoms with Gasteiger partial charge in [0.1, 0.15) is 0 Å². The van der Waals surface area contributed by atoms with Gasteiger partial charge in [0.2, 0.25) is 0 Å². The summed E-state index contributed by atoms with van der Waals surface area (Å²) >= 11 is 0. The fraction of sp³-hybridized carbons (Fsp3) is 1.00. The van der Waals surface area contributed by atoms with Gasteiger partial charge in [0, 0.05) is 19.6 Å². The second-order valence-electron chi connectivity index (χ2n) is 4.25. The van der Waals surface area contributed by atoms with Crippen molar-refractivity contribution in [1.29, 1.82) is 0 Å². The number of nitrogens with one attached hydrogen (secondary N) is 2. The van der Waals surface area contributed by atoms with Gasteiger partial charge in [-0.1, -0.05) is 6.92 Å². The highest BCUT2D eigenvalue weighted by molar-refractivity contribution is 7.87. The van der Waals surface area contributed by atoms with Crippen LogP contribution in [0.5, 0.6) is 0 Å². The number of nitrogens with zero attached hydrogens (tertiary/aromatic N) is 1. The van der Waals surface area contributed by atoms with Gasteiger partial charge in [-0.25, -0.2) is 4.72 Å². The Bertz CT molecular complexity index is 284. The molecule has 0 aromatic rings. The first-order valence-corrected chi connectivity index (χ1v) is 7.45. The Labute approximate surface area is 98.8 Å². The summed E-state index contributed by atoms with van der Waals surface area (Å²) in [5.41, 5.74) is 0. The monoisotopic (exact) mass is 249 g/mol. The van der Waals surface area contributed by atoms with Crippen LogP contribution in [0.15, 0.2) is 0 Å². The first-order chi connectivity index (χ1) is 7.58. The molecule has 0 spiro atoms. The number of rotatable bonds is 5. The highest BCUT2D eigenvalue weighted by atomic mass is 32.2. The summed E-state index contributed by atoms with van der Waals surface area (Å²) < 4.78 is 27.9. The number of hydrogen-bond donors (Lipinski definition) is 2. The molecule has 1 aliphatic rings. The second kappa shape index (κ2) is 6.54. The average Bonchev–Trinajstić information content (AvgIpc) is 2.53. The van der Waals surface area contributed by atoms with Gasteiger partial charge in [0.15, 0.2) is 0 Å². The molecule has 0 aromatic heterocycles. The van der Waals surface area contributed by atoms with E-state index in [-0.39, 0.29) is 6.04 Å². The zero-order valence-corrected chi connectivity index (χ0v) is 11.0. The van der Waals surface area contributed by atoms with Crippen LogP contribution in [0, 0.1) is 0 Å². The van der Waals surface area contributed by atoms with Crippen molar-refractivity contribution in [2.75, 3.05) is 26.7 Å². The predicted octanol–water partition coefficient (Wildman–Crippen LogP) is 0.305. The lowest BCUT2D eigenvalue weighted by Gasteiger charge is -2.26. The third kappa shape index (κ3) is 4.01. The van der Waals surface area contributed by atoms with Crippen LogP contribution in [0.4, 0.5) is 0 Å². The summed E-state index contributed by atoms with van der Waals surface area (Å²) in [6.45, 7) is 4.36. The Morgan fingerprint density at radius 3 is 2.81 bits per heavy atom. The van der Waals surface area contributed by atoms with Crippen LogP contribution in [0.25, 0.3) is 0 Å². The summed E-state index contributed by atoms with van der Waals surface area (Å²) in [6.07, 6.45) is 3.69. The molecule has 0 aliphatic carbocycles. The fourth-order valence-corrected chi connectivity index (χ4v) is 3.16. The SMILES string of the molecule is CCCNS(=O)(=O)N(C)C1CCCNCC1. The topological polar surface area (TPSA) is 61.4 Å². The van der Waals surface area contributed by atoms with E-state index in [2.05, 4.69) is 10.0 Å². The lowest BCUT2D eigenvalue weighted by atomic mass is 10.1. The maximum Gasteiger partial charge on any atom is 0.279 e. The van der Waals surface area contributed by atoms with E-state index in [0.29, 0.717) is 6.54 Å². The highest BCUT2D eigenvalue weighted by Gasteiger charge is 2.25. The minimum atomic E-state index is -3.28. The average molecular weight is 249 g/mol. The van der Waals surface area contributed by atoms with Crippen LogP contribution in [0.3, 0.4) is 0 Å². The molecule has 1 unspecified atom stereocenters. The summed E-state index contributed by atoms with van der Waals surface area (Å²) in [4.78, 5) is 0. The van der Waals surface area contributed by atoms with Crippen molar-refractivity contribution < 1.29 is 8.42 Å². The Hall–Kier alpha value is -0.170. The van der Waals surface area contributed by atoms with E-state index >= 15 is 0 Å². The van der Waals surface area contributed by atoms with Crippen molar-refractivity contribution >= 4 is 10.2 Å². The molecule has 1 heterocycles. The van der Waals surface area contributed by atoms with Crippen molar-refractivity contribution in [2.24, 2.45) is 0 Å². The second-order valence-corrected chi connectivity index (χ2v) is 6.07. The van der Waals surface area contributed by atoms with Crippen LogP contribution >= 0.6 is 0 Å². The van der Waals surface area contributed by atoms with Crippen molar-refractivity contribution in [2.45, 2.75) is 38.6 Å². The summed E-state index contributed by atoms with van der Waals surface area (Å²) in [5, 5.41) is 3.28. The Balaban J connectivity index is 2.56. The molecule has 1 fully saturated rings. The van der Waals surface area contributed by atoms with Crippen LogP contribution in [-0.4, -0.2) is 45.4 Å². The molecule has 0 bridgehead atoms. The van der Waals surface area contributed by atoms with E-state index < -0.39 is 10.2 Å². The molecule has 2 N–H and O–H groups in total. The Morgan fingerprint density at radius 2 is 2.12 bits per heavy atom. The molecule has 6 heteroatoms. The molecule has 1 atom stereocenters. The van der Waals surface area contributed by atoms with E-state index in [0.717, 1.165) is 38.8 Å². The Kier molecular flexibility index (Phi) is 5.68. The minimum Gasteiger partial charge on any atom is -0.317 e. The molecule has 1 saturated heterocycles. The first kappa shape index (κ1) is 13.9. The third-order valence-electron chi connectivity index (χ3n) is 2.97. The molecule has 96 valence electrons. The maximum absolute atomic E-state index is 11.9. The smallest absolute Gasteiger partial charge is 0.279 e. The summed E-state index contributed by atoms with van der Waals surface area (Å²) in [7, 11) is -1.61. The molecule has 0 radical (unpaired) electrons. The third-order valence-corrected chi connectivity index (χ3v) is 4.60.